The van der Waals surface area contributed by atoms with E-state index in [9.17, 15) is 4.39 Å². The number of morpholine rings is 1. The van der Waals surface area contributed by atoms with E-state index in [0.717, 1.165) is 61.6 Å². The predicted octanol–water partition coefficient (Wildman–Crippen LogP) is 2.82. The zero-order chi connectivity index (χ0) is 17.8. The molecule has 1 atom stereocenters. The van der Waals surface area contributed by atoms with Crippen molar-refractivity contribution < 1.29 is 9.13 Å². The number of nitrogens with zero attached hydrogens (tertiary/aromatic N) is 4. The summed E-state index contributed by atoms with van der Waals surface area (Å²) in [6, 6.07) is 6.63. The molecule has 0 saturated carbocycles. The summed E-state index contributed by atoms with van der Waals surface area (Å²) in [7, 11) is 0. The molecule has 0 spiro atoms. The molecule has 3 heterocycles. The monoisotopic (exact) mass is 376 g/mol. The highest BCUT2D eigenvalue weighted by atomic mass is 32.1. The Bertz CT molecular complexity index is 702. The SMILES string of the molecule is Fc1ccc(Cc2nnc(N3CCCC(CN4CCOCC4)C3)s2)cc1. The average Bonchev–Trinajstić information content (AvgIpc) is 3.13. The van der Waals surface area contributed by atoms with Crippen molar-refractivity contribution in [3.63, 3.8) is 0 Å². The lowest BCUT2D eigenvalue weighted by atomic mass is 9.97. The summed E-state index contributed by atoms with van der Waals surface area (Å²) in [4.78, 5) is 4.91. The first kappa shape index (κ1) is 17.8. The van der Waals surface area contributed by atoms with Gasteiger partial charge >= 0.3 is 0 Å². The molecule has 0 N–H and O–H groups in total. The molecule has 1 aromatic heterocycles. The molecule has 0 bridgehead atoms. The number of hydrogen-bond donors (Lipinski definition) is 0. The molecule has 2 aliphatic heterocycles. The van der Waals surface area contributed by atoms with Crippen LogP contribution < -0.4 is 4.90 Å². The Kier molecular flexibility index (Phi) is 5.77. The van der Waals surface area contributed by atoms with E-state index >= 15 is 0 Å². The quantitative estimate of drug-likeness (QED) is 0.803. The molecule has 0 amide bonds. The van der Waals surface area contributed by atoms with Crippen molar-refractivity contribution in [2.45, 2.75) is 19.3 Å². The van der Waals surface area contributed by atoms with Gasteiger partial charge in [-0.1, -0.05) is 23.5 Å². The van der Waals surface area contributed by atoms with E-state index in [1.807, 2.05) is 12.1 Å². The lowest BCUT2D eigenvalue weighted by molar-refractivity contribution is 0.0296. The summed E-state index contributed by atoms with van der Waals surface area (Å²) < 4.78 is 18.5. The summed E-state index contributed by atoms with van der Waals surface area (Å²) in [5.41, 5.74) is 1.07. The Labute approximate surface area is 157 Å². The fourth-order valence-electron chi connectivity index (χ4n) is 3.76. The van der Waals surface area contributed by atoms with Gasteiger partial charge in [-0.05, 0) is 36.5 Å². The molecule has 0 aliphatic carbocycles. The lowest BCUT2D eigenvalue weighted by Crippen LogP contribution is -2.44. The van der Waals surface area contributed by atoms with Crippen LogP contribution in [0.15, 0.2) is 24.3 Å². The van der Waals surface area contributed by atoms with Crippen LogP contribution in [-0.4, -0.2) is 61.0 Å². The molecule has 1 unspecified atom stereocenters. The number of ether oxygens (including phenoxy) is 1. The third kappa shape index (κ3) is 4.58. The highest BCUT2D eigenvalue weighted by Crippen LogP contribution is 2.27. The van der Waals surface area contributed by atoms with Crippen LogP contribution in [0.4, 0.5) is 9.52 Å². The Hall–Kier alpha value is -1.57. The molecule has 2 aromatic rings. The molecule has 4 rings (SSSR count). The van der Waals surface area contributed by atoms with Crippen molar-refractivity contribution in [3.05, 3.63) is 40.7 Å². The van der Waals surface area contributed by atoms with Gasteiger partial charge in [-0.15, -0.1) is 10.2 Å². The van der Waals surface area contributed by atoms with Crippen LogP contribution >= 0.6 is 11.3 Å². The molecule has 5 nitrogen and oxygen atoms in total. The van der Waals surface area contributed by atoms with Crippen LogP contribution in [0, 0.1) is 11.7 Å². The van der Waals surface area contributed by atoms with E-state index in [4.69, 9.17) is 4.74 Å². The van der Waals surface area contributed by atoms with Gasteiger partial charge in [0.15, 0.2) is 0 Å². The average molecular weight is 377 g/mol. The molecule has 1 aromatic carbocycles. The standard InChI is InChI=1S/C19H25FN4OS/c20-17-5-3-15(4-6-17)12-18-21-22-19(26-18)24-7-1-2-16(14-24)13-23-8-10-25-11-9-23/h3-6,16H,1-2,7-14H2. The summed E-state index contributed by atoms with van der Waals surface area (Å²) in [5, 5.41) is 10.8. The van der Waals surface area contributed by atoms with Gasteiger partial charge in [0.25, 0.3) is 0 Å². The summed E-state index contributed by atoms with van der Waals surface area (Å²) in [5.74, 6) is 0.484. The van der Waals surface area contributed by atoms with Crippen LogP contribution in [0.25, 0.3) is 0 Å². The van der Waals surface area contributed by atoms with Gasteiger partial charge in [0, 0.05) is 39.1 Å². The molecule has 140 valence electrons. The maximum Gasteiger partial charge on any atom is 0.208 e. The predicted molar refractivity (Wildman–Crippen MR) is 101 cm³/mol. The van der Waals surface area contributed by atoms with Crippen molar-refractivity contribution in [2.75, 3.05) is 50.8 Å². The van der Waals surface area contributed by atoms with Gasteiger partial charge < -0.3 is 9.64 Å². The van der Waals surface area contributed by atoms with E-state index in [2.05, 4.69) is 20.0 Å². The highest BCUT2D eigenvalue weighted by molar-refractivity contribution is 7.15. The van der Waals surface area contributed by atoms with Gasteiger partial charge in [0.05, 0.1) is 13.2 Å². The van der Waals surface area contributed by atoms with E-state index in [0.29, 0.717) is 12.3 Å². The Morgan fingerprint density at radius 2 is 1.92 bits per heavy atom. The first-order chi connectivity index (χ1) is 12.8. The van der Waals surface area contributed by atoms with Gasteiger partial charge in [0.1, 0.15) is 10.8 Å². The van der Waals surface area contributed by atoms with Crippen LogP contribution in [-0.2, 0) is 11.2 Å². The largest absolute Gasteiger partial charge is 0.379 e. The molecule has 26 heavy (non-hydrogen) atoms. The molecule has 2 aliphatic rings. The zero-order valence-corrected chi connectivity index (χ0v) is 15.8. The minimum atomic E-state index is -0.202. The normalized spacial score (nSPS) is 21.9. The molecule has 2 saturated heterocycles. The zero-order valence-electron chi connectivity index (χ0n) is 14.9. The Morgan fingerprint density at radius 3 is 2.73 bits per heavy atom. The fourth-order valence-corrected chi connectivity index (χ4v) is 4.67. The molecular weight excluding hydrogens is 351 g/mol. The lowest BCUT2D eigenvalue weighted by Gasteiger charge is -2.36. The number of rotatable bonds is 5. The second kappa shape index (κ2) is 8.41. The first-order valence-corrected chi connectivity index (χ1v) is 10.2. The maximum absolute atomic E-state index is 13.0. The minimum absolute atomic E-state index is 0.202. The molecule has 0 radical (unpaired) electrons. The number of halogens is 1. The number of anilines is 1. The van der Waals surface area contributed by atoms with E-state index in [1.54, 1.807) is 11.3 Å². The van der Waals surface area contributed by atoms with Crippen LogP contribution in [0.2, 0.25) is 0 Å². The van der Waals surface area contributed by atoms with E-state index in [1.165, 1.54) is 25.0 Å². The van der Waals surface area contributed by atoms with Gasteiger partial charge in [-0.2, -0.15) is 0 Å². The van der Waals surface area contributed by atoms with Gasteiger partial charge in [-0.3, -0.25) is 4.90 Å². The summed E-state index contributed by atoms with van der Waals surface area (Å²) >= 11 is 1.66. The van der Waals surface area contributed by atoms with Crippen molar-refractivity contribution in [3.8, 4) is 0 Å². The molecular formula is C19H25FN4OS. The first-order valence-electron chi connectivity index (χ1n) is 9.38. The molecule has 2 fully saturated rings. The summed E-state index contributed by atoms with van der Waals surface area (Å²) in [6.07, 6.45) is 3.21. The number of hydrogen-bond acceptors (Lipinski definition) is 6. The van der Waals surface area contributed by atoms with Gasteiger partial charge in [-0.25, -0.2) is 4.39 Å². The topological polar surface area (TPSA) is 41.5 Å². The second-order valence-corrected chi connectivity index (χ2v) is 8.19. The van der Waals surface area contributed by atoms with Crippen molar-refractivity contribution in [2.24, 2.45) is 5.92 Å². The number of aromatic nitrogens is 2. The third-order valence-electron chi connectivity index (χ3n) is 5.13. The van der Waals surface area contributed by atoms with E-state index < -0.39 is 0 Å². The smallest absolute Gasteiger partial charge is 0.208 e. The van der Waals surface area contributed by atoms with Gasteiger partial charge in [0.2, 0.25) is 5.13 Å². The second-order valence-electron chi connectivity index (χ2n) is 7.15. The van der Waals surface area contributed by atoms with Crippen LogP contribution in [0.5, 0.6) is 0 Å². The van der Waals surface area contributed by atoms with E-state index in [-0.39, 0.29) is 5.82 Å². The maximum atomic E-state index is 13.0. The van der Waals surface area contributed by atoms with Crippen LogP contribution in [0.1, 0.15) is 23.4 Å². The van der Waals surface area contributed by atoms with Crippen LogP contribution in [0.3, 0.4) is 0 Å². The third-order valence-corrected chi connectivity index (χ3v) is 6.12. The summed E-state index contributed by atoms with van der Waals surface area (Å²) in [6.45, 7) is 7.10. The molecule has 7 heteroatoms. The number of piperidine rings is 1. The Balaban J connectivity index is 1.34. The highest BCUT2D eigenvalue weighted by Gasteiger charge is 2.25. The number of benzene rings is 1. The minimum Gasteiger partial charge on any atom is -0.379 e. The Morgan fingerprint density at radius 1 is 1.12 bits per heavy atom. The fraction of sp³-hybridized carbons (Fsp3) is 0.579. The van der Waals surface area contributed by atoms with Crippen molar-refractivity contribution >= 4 is 16.5 Å². The van der Waals surface area contributed by atoms with Crippen molar-refractivity contribution in [1.82, 2.24) is 15.1 Å². The van der Waals surface area contributed by atoms with Crippen molar-refractivity contribution in [1.29, 1.82) is 0 Å².